The minimum absolute atomic E-state index is 0.0458. The summed E-state index contributed by atoms with van der Waals surface area (Å²) in [5.74, 6) is 0.630. The van der Waals surface area contributed by atoms with E-state index >= 15 is 0 Å². The first-order valence-corrected chi connectivity index (χ1v) is 9.44. The van der Waals surface area contributed by atoms with Crippen LogP contribution in [-0.2, 0) is 24.3 Å². The van der Waals surface area contributed by atoms with Crippen molar-refractivity contribution in [1.82, 2.24) is 5.32 Å². The summed E-state index contributed by atoms with van der Waals surface area (Å²) in [7, 11) is 1.59. The van der Waals surface area contributed by atoms with Crippen LogP contribution in [0.5, 0.6) is 5.75 Å². The molecule has 0 saturated heterocycles. The molecular formula is C21H28ClN2O2+. The SMILES string of the molecule is CC[NH+](CC)Cc1ccccc1CNC(=O)Cc1cc(Cl)ccc1OC. The van der Waals surface area contributed by atoms with E-state index in [1.54, 1.807) is 25.3 Å². The molecule has 0 unspecified atom stereocenters. The van der Waals surface area contributed by atoms with Crippen molar-refractivity contribution in [1.29, 1.82) is 0 Å². The van der Waals surface area contributed by atoms with Gasteiger partial charge in [0, 0.05) is 22.7 Å². The first-order chi connectivity index (χ1) is 12.6. The van der Waals surface area contributed by atoms with Crippen LogP contribution in [0.2, 0.25) is 5.02 Å². The molecule has 0 heterocycles. The molecule has 0 atom stereocenters. The van der Waals surface area contributed by atoms with Crippen molar-refractivity contribution in [3.8, 4) is 5.75 Å². The van der Waals surface area contributed by atoms with E-state index in [-0.39, 0.29) is 12.3 Å². The predicted molar refractivity (Wildman–Crippen MR) is 106 cm³/mol. The molecule has 5 heteroatoms. The van der Waals surface area contributed by atoms with Crippen molar-refractivity contribution in [3.63, 3.8) is 0 Å². The number of rotatable bonds is 9. The van der Waals surface area contributed by atoms with E-state index in [4.69, 9.17) is 16.3 Å². The first kappa shape index (κ1) is 20.3. The maximum absolute atomic E-state index is 12.4. The summed E-state index contributed by atoms with van der Waals surface area (Å²) < 4.78 is 5.31. The second kappa shape index (κ2) is 10.2. The van der Waals surface area contributed by atoms with E-state index in [0.717, 1.165) is 25.2 Å². The number of carbonyl (C=O) groups excluding carboxylic acids is 1. The van der Waals surface area contributed by atoms with Crippen LogP contribution in [0, 0.1) is 0 Å². The molecule has 2 aromatic carbocycles. The Morgan fingerprint density at radius 2 is 1.77 bits per heavy atom. The summed E-state index contributed by atoms with van der Waals surface area (Å²) in [5.41, 5.74) is 3.24. The van der Waals surface area contributed by atoms with Crippen LogP contribution in [0.1, 0.15) is 30.5 Å². The average molecular weight is 376 g/mol. The highest BCUT2D eigenvalue weighted by Gasteiger charge is 2.12. The Labute approximate surface area is 161 Å². The fourth-order valence-corrected chi connectivity index (χ4v) is 3.18. The Morgan fingerprint density at radius 3 is 2.42 bits per heavy atom. The number of ether oxygens (including phenoxy) is 1. The highest BCUT2D eigenvalue weighted by molar-refractivity contribution is 6.30. The molecule has 0 saturated carbocycles. The summed E-state index contributed by atoms with van der Waals surface area (Å²) in [4.78, 5) is 13.9. The highest BCUT2D eigenvalue weighted by atomic mass is 35.5. The summed E-state index contributed by atoms with van der Waals surface area (Å²) >= 11 is 6.04. The van der Waals surface area contributed by atoms with E-state index in [0.29, 0.717) is 17.3 Å². The molecule has 2 rings (SSSR count). The molecule has 0 bridgehead atoms. The molecule has 2 aromatic rings. The standard InChI is InChI=1S/C21H27ClN2O2/c1-4-24(5-2)15-17-9-7-6-8-16(17)14-23-21(25)13-18-12-19(22)10-11-20(18)26-3/h6-12H,4-5,13-15H2,1-3H3,(H,23,25)/p+1. The predicted octanol–water partition coefficient (Wildman–Crippen LogP) is 2.63. The number of halogens is 1. The smallest absolute Gasteiger partial charge is 0.224 e. The van der Waals surface area contributed by atoms with Crippen molar-refractivity contribution >= 4 is 17.5 Å². The van der Waals surface area contributed by atoms with E-state index in [1.165, 1.54) is 16.0 Å². The number of quaternary nitrogens is 1. The minimum atomic E-state index is -0.0458. The van der Waals surface area contributed by atoms with Gasteiger partial charge in [0.25, 0.3) is 0 Å². The Morgan fingerprint density at radius 1 is 1.08 bits per heavy atom. The van der Waals surface area contributed by atoms with Crippen molar-refractivity contribution < 1.29 is 14.4 Å². The maximum atomic E-state index is 12.4. The number of carbonyl (C=O) groups is 1. The molecular weight excluding hydrogens is 348 g/mol. The van der Waals surface area contributed by atoms with Crippen LogP contribution in [0.3, 0.4) is 0 Å². The van der Waals surface area contributed by atoms with Gasteiger partial charge >= 0.3 is 0 Å². The summed E-state index contributed by atoms with van der Waals surface area (Å²) in [6.07, 6.45) is 0.243. The van der Waals surface area contributed by atoms with Gasteiger partial charge < -0.3 is 15.0 Å². The average Bonchev–Trinajstić information content (AvgIpc) is 2.65. The van der Waals surface area contributed by atoms with Crippen molar-refractivity contribution in [3.05, 3.63) is 64.2 Å². The Bertz CT molecular complexity index is 730. The second-order valence-corrected chi connectivity index (χ2v) is 6.75. The number of nitrogens with one attached hydrogen (secondary N) is 2. The molecule has 4 nitrogen and oxygen atoms in total. The molecule has 0 aromatic heterocycles. The van der Waals surface area contributed by atoms with Crippen LogP contribution in [-0.4, -0.2) is 26.1 Å². The lowest BCUT2D eigenvalue weighted by Gasteiger charge is -2.18. The molecule has 140 valence electrons. The van der Waals surface area contributed by atoms with Gasteiger partial charge in [0.15, 0.2) is 0 Å². The Balaban J connectivity index is 2.01. The van der Waals surface area contributed by atoms with Gasteiger partial charge in [-0.1, -0.05) is 35.9 Å². The van der Waals surface area contributed by atoms with E-state index in [1.807, 2.05) is 6.07 Å². The number of benzene rings is 2. The zero-order valence-corrected chi connectivity index (χ0v) is 16.5. The molecule has 0 aliphatic rings. The zero-order chi connectivity index (χ0) is 18.9. The van der Waals surface area contributed by atoms with Gasteiger partial charge in [0.05, 0.1) is 26.6 Å². The fraction of sp³-hybridized carbons (Fsp3) is 0.381. The lowest BCUT2D eigenvalue weighted by atomic mass is 10.1. The number of hydrogen-bond donors (Lipinski definition) is 2. The van der Waals surface area contributed by atoms with Gasteiger partial charge in [-0.25, -0.2) is 0 Å². The van der Waals surface area contributed by atoms with Crippen LogP contribution in [0.15, 0.2) is 42.5 Å². The number of hydrogen-bond acceptors (Lipinski definition) is 2. The van der Waals surface area contributed by atoms with E-state index < -0.39 is 0 Å². The van der Waals surface area contributed by atoms with Gasteiger partial charge in [-0.3, -0.25) is 4.79 Å². The van der Waals surface area contributed by atoms with Gasteiger partial charge in [-0.15, -0.1) is 0 Å². The maximum Gasteiger partial charge on any atom is 0.224 e. The third-order valence-corrected chi connectivity index (χ3v) is 4.86. The fourth-order valence-electron chi connectivity index (χ4n) is 2.99. The highest BCUT2D eigenvalue weighted by Crippen LogP contribution is 2.23. The van der Waals surface area contributed by atoms with Gasteiger partial charge in [-0.2, -0.15) is 0 Å². The molecule has 1 amide bonds. The third kappa shape index (κ3) is 5.75. The monoisotopic (exact) mass is 375 g/mol. The van der Waals surface area contributed by atoms with Crippen molar-refractivity contribution in [2.24, 2.45) is 0 Å². The number of methoxy groups -OCH3 is 1. The minimum Gasteiger partial charge on any atom is -0.496 e. The Hall–Kier alpha value is -2.04. The molecule has 0 fully saturated rings. The normalized spacial score (nSPS) is 10.8. The van der Waals surface area contributed by atoms with Crippen LogP contribution in [0.25, 0.3) is 0 Å². The van der Waals surface area contributed by atoms with E-state index in [9.17, 15) is 4.79 Å². The second-order valence-electron chi connectivity index (χ2n) is 6.31. The topological polar surface area (TPSA) is 42.8 Å². The van der Waals surface area contributed by atoms with Gasteiger partial charge in [0.1, 0.15) is 12.3 Å². The third-order valence-electron chi connectivity index (χ3n) is 4.63. The summed E-state index contributed by atoms with van der Waals surface area (Å²) in [6.45, 7) is 8.07. The molecule has 0 spiro atoms. The molecule has 0 aliphatic carbocycles. The van der Waals surface area contributed by atoms with Gasteiger partial charge in [-0.05, 0) is 37.6 Å². The van der Waals surface area contributed by atoms with Gasteiger partial charge in [0.2, 0.25) is 5.91 Å². The lowest BCUT2D eigenvalue weighted by Crippen LogP contribution is -3.10. The van der Waals surface area contributed by atoms with Crippen LogP contribution in [0.4, 0.5) is 0 Å². The zero-order valence-electron chi connectivity index (χ0n) is 15.8. The first-order valence-electron chi connectivity index (χ1n) is 9.06. The number of amides is 1. The van der Waals surface area contributed by atoms with Crippen LogP contribution >= 0.6 is 11.6 Å². The largest absolute Gasteiger partial charge is 0.496 e. The summed E-state index contributed by atoms with van der Waals surface area (Å²) in [5, 5.41) is 3.62. The van der Waals surface area contributed by atoms with E-state index in [2.05, 4.69) is 37.4 Å². The quantitative estimate of drug-likeness (QED) is 0.707. The summed E-state index contributed by atoms with van der Waals surface area (Å²) in [6, 6.07) is 13.6. The Kier molecular flexibility index (Phi) is 7.95. The van der Waals surface area contributed by atoms with Crippen molar-refractivity contribution in [2.75, 3.05) is 20.2 Å². The van der Waals surface area contributed by atoms with Crippen LogP contribution < -0.4 is 15.0 Å². The van der Waals surface area contributed by atoms with Crippen molar-refractivity contribution in [2.45, 2.75) is 33.4 Å². The molecule has 26 heavy (non-hydrogen) atoms. The lowest BCUT2D eigenvalue weighted by molar-refractivity contribution is -0.910. The molecule has 2 N–H and O–H groups in total. The molecule has 0 radical (unpaired) electrons. The molecule has 0 aliphatic heterocycles.